The standard InChI is InChI=1S/C30H37N5O7/c1-17-13-35(18(2)16-36)28(37)23-7-6-8-24(31-30(40)32-26-19(3)33-42-20(26)4)27(23)41-25(17)15-34(5)14-21-9-11-22(12-10-21)29(38)39/h6-12,17-18,25,36H,13-16H2,1-5H3,(H,38,39)(H2,31,32,40)/t17-,18+,25+/m0/s1. The quantitative estimate of drug-likeness (QED) is 0.294. The van der Waals surface area contributed by atoms with Gasteiger partial charge in [0.2, 0.25) is 0 Å². The maximum atomic E-state index is 13.7. The van der Waals surface area contributed by atoms with Gasteiger partial charge >= 0.3 is 12.0 Å². The van der Waals surface area contributed by atoms with Crippen molar-refractivity contribution in [3.05, 3.63) is 70.6 Å². The van der Waals surface area contributed by atoms with E-state index in [1.54, 1.807) is 68.1 Å². The fourth-order valence-electron chi connectivity index (χ4n) is 4.92. The lowest BCUT2D eigenvalue weighted by Gasteiger charge is -2.38. The Morgan fingerprint density at radius 2 is 1.88 bits per heavy atom. The van der Waals surface area contributed by atoms with Crippen molar-refractivity contribution in [1.29, 1.82) is 0 Å². The number of hydrogen-bond acceptors (Lipinski definition) is 8. The fraction of sp³-hybridized carbons (Fsp3) is 0.400. The lowest BCUT2D eigenvalue weighted by molar-refractivity contribution is 0.0343. The van der Waals surface area contributed by atoms with E-state index in [2.05, 4.69) is 20.7 Å². The second kappa shape index (κ2) is 13.0. The van der Waals surface area contributed by atoms with Gasteiger partial charge in [0.25, 0.3) is 5.91 Å². The largest absolute Gasteiger partial charge is 0.486 e. The maximum absolute atomic E-state index is 13.7. The van der Waals surface area contributed by atoms with Crippen LogP contribution in [-0.2, 0) is 6.54 Å². The molecule has 1 aliphatic heterocycles. The Labute approximate surface area is 244 Å². The van der Waals surface area contributed by atoms with E-state index in [1.165, 1.54) is 0 Å². The van der Waals surface area contributed by atoms with Crippen LogP contribution < -0.4 is 15.4 Å². The number of carboxylic acid groups (broad SMARTS) is 1. The van der Waals surface area contributed by atoms with E-state index in [4.69, 9.17) is 9.26 Å². The number of aryl methyl sites for hydroxylation is 2. The molecule has 4 N–H and O–H groups in total. The Balaban J connectivity index is 1.62. The van der Waals surface area contributed by atoms with Gasteiger partial charge in [0, 0.05) is 25.6 Å². The number of nitrogens with zero attached hydrogens (tertiary/aromatic N) is 3. The van der Waals surface area contributed by atoms with Crippen molar-refractivity contribution in [2.75, 3.05) is 37.4 Å². The first kappa shape index (κ1) is 30.5. The number of anilines is 2. The van der Waals surface area contributed by atoms with Crippen LogP contribution in [0.3, 0.4) is 0 Å². The highest BCUT2D eigenvalue weighted by atomic mass is 16.5. The first-order chi connectivity index (χ1) is 20.0. The van der Waals surface area contributed by atoms with E-state index in [-0.39, 0.29) is 35.3 Å². The van der Waals surface area contributed by atoms with Crippen molar-refractivity contribution in [3.63, 3.8) is 0 Å². The summed E-state index contributed by atoms with van der Waals surface area (Å²) >= 11 is 0. The van der Waals surface area contributed by atoms with Crippen LogP contribution in [0.25, 0.3) is 0 Å². The van der Waals surface area contributed by atoms with Gasteiger partial charge in [-0.3, -0.25) is 9.69 Å². The summed E-state index contributed by atoms with van der Waals surface area (Å²) in [5, 5.41) is 28.5. The summed E-state index contributed by atoms with van der Waals surface area (Å²) in [6.07, 6.45) is -0.401. The highest BCUT2D eigenvalue weighted by Gasteiger charge is 2.34. The average molecular weight is 580 g/mol. The van der Waals surface area contributed by atoms with E-state index < -0.39 is 24.1 Å². The molecule has 3 aromatic rings. The minimum absolute atomic E-state index is 0.142. The molecular formula is C30H37N5O7. The molecule has 2 aromatic carbocycles. The highest BCUT2D eigenvalue weighted by Crippen LogP contribution is 2.35. The molecule has 4 rings (SSSR count). The number of carbonyl (C=O) groups excluding carboxylic acids is 2. The molecule has 0 bridgehead atoms. The van der Waals surface area contributed by atoms with E-state index in [0.29, 0.717) is 42.5 Å². The highest BCUT2D eigenvalue weighted by molar-refractivity contribution is 6.04. The molecule has 0 saturated carbocycles. The van der Waals surface area contributed by atoms with Gasteiger partial charge in [-0.15, -0.1) is 0 Å². The SMILES string of the molecule is Cc1noc(C)c1NC(=O)Nc1cccc2c1O[C@H](CN(C)Cc1ccc(C(=O)O)cc1)[C@@H](C)CN([C@H](C)CO)C2=O. The predicted octanol–water partition coefficient (Wildman–Crippen LogP) is 3.99. The number of hydrogen-bond donors (Lipinski definition) is 4. The van der Waals surface area contributed by atoms with Crippen LogP contribution in [0.1, 0.15) is 51.6 Å². The van der Waals surface area contributed by atoms with Crippen molar-refractivity contribution >= 4 is 29.3 Å². The minimum atomic E-state index is -0.980. The first-order valence-corrected chi connectivity index (χ1v) is 13.7. The number of nitrogens with one attached hydrogen (secondary N) is 2. The number of aromatic carboxylic acids is 1. The second-order valence-electron chi connectivity index (χ2n) is 10.8. The van der Waals surface area contributed by atoms with Gasteiger partial charge in [-0.2, -0.15) is 0 Å². The number of amides is 3. The molecule has 2 heterocycles. The number of carbonyl (C=O) groups is 3. The van der Waals surface area contributed by atoms with Crippen LogP contribution in [0.2, 0.25) is 0 Å². The van der Waals surface area contributed by atoms with Gasteiger partial charge < -0.3 is 35.0 Å². The molecule has 0 spiro atoms. The number of benzene rings is 2. The number of rotatable bonds is 9. The number of aliphatic hydroxyl groups is 1. The summed E-state index contributed by atoms with van der Waals surface area (Å²) in [7, 11) is 1.93. The Hall–Kier alpha value is -4.42. The minimum Gasteiger partial charge on any atom is -0.486 e. The van der Waals surface area contributed by atoms with Gasteiger partial charge in [-0.1, -0.05) is 30.3 Å². The summed E-state index contributed by atoms with van der Waals surface area (Å²) < 4.78 is 11.7. The van der Waals surface area contributed by atoms with Crippen LogP contribution in [0.5, 0.6) is 5.75 Å². The van der Waals surface area contributed by atoms with E-state index in [1.807, 2.05) is 14.0 Å². The number of fused-ring (bicyclic) bond motifs is 1. The van der Waals surface area contributed by atoms with Crippen LogP contribution in [-0.4, -0.2) is 82.0 Å². The molecule has 224 valence electrons. The molecule has 0 unspecified atom stereocenters. The normalized spacial score (nSPS) is 17.6. The van der Waals surface area contributed by atoms with Gasteiger partial charge in [-0.25, -0.2) is 9.59 Å². The molecule has 42 heavy (non-hydrogen) atoms. The van der Waals surface area contributed by atoms with E-state index in [0.717, 1.165) is 5.56 Å². The van der Waals surface area contributed by atoms with Gasteiger partial charge in [0.05, 0.1) is 29.5 Å². The number of carboxylic acids is 1. The Kier molecular flexibility index (Phi) is 9.48. The summed E-state index contributed by atoms with van der Waals surface area (Å²) in [5.41, 5.74) is 2.72. The Morgan fingerprint density at radius 3 is 2.50 bits per heavy atom. The van der Waals surface area contributed by atoms with Crippen molar-refractivity contribution in [2.24, 2.45) is 5.92 Å². The smallest absolute Gasteiger partial charge is 0.335 e. The van der Waals surface area contributed by atoms with Crippen molar-refractivity contribution in [2.45, 2.75) is 46.4 Å². The molecule has 12 heteroatoms. The maximum Gasteiger partial charge on any atom is 0.335 e. The van der Waals surface area contributed by atoms with Crippen LogP contribution >= 0.6 is 0 Å². The Morgan fingerprint density at radius 1 is 1.17 bits per heavy atom. The second-order valence-corrected chi connectivity index (χ2v) is 10.8. The zero-order valence-electron chi connectivity index (χ0n) is 24.4. The van der Waals surface area contributed by atoms with Crippen molar-refractivity contribution < 1.29 is 33.9 Å². The number of urea groups is 1. The number of para-hydroxylation sites is 1. The molecule has 0 radical (unpaired) electrons. The monoisotopic (exact) mass is 579 g/mol. The molecule has 3 amide bonds. The van der Waals surface area contributed by atoms with E-state index in [9.17, 15) is 24.6 Å². The molecule has 0 fully saturated rings. The molecule has 12 nitrogen and oxygen atoms in total. The van der Waals surface area contributed by atoms with Crippen molar-refractivity contribution in [3.8, 4) is 5.75 Å². The fourth-order valence-corrected chi connectivity index (χ4v) is 4.92. The first-order valence-electron chi connectivity index (χ1n) is 13.7. The lowest BCUT2D eigenvalue weighted by Crippen LogP contribution is -2.49. The third kappa shape index (κ3) is 6.89. The van der Waals surface area contributed by atoms with Gasteiger partial charge in [-0.05, 0) is 57.6 Å². The summed E-state index contributed by atoms with van der Waals surface area (Å²) in [6, 6.07) is 10.7. The number of aliphatic hydroxyl groups excluding tert-OH is 1. The summed E-state index contributed by atoms with van der Waals surface area (Å²) in [5.74, 6) is -0.732. The zero-order chi connectivity index (χ0) is 30.6. The number of ether oxygens (including phenoxy) is 1. The third-order valence-corrected chi connectivity index (χ3v) is 7.36. The predicted molar refractivity (Wildman–Crippen MR) is 156 cm³/mol. The van der Waals surface area contributed by atoms with Crippen LogP contribution in [0, 0.1) is 19.8 Å². The van der Waals surface area contributed by atoms with Crippen LogP contribution in [0.4, 0.5) is 16.2 Å². The summed E-state index contributed by atoms with van der Waals surface area (Å²) in [6.45, 7) is 8.33. The number of likely N-dealkylation sites (N-methyl/N-ethyl adjacent to an activating group) is 1. The molecule has 0 aliphatic carbocycles. The average Bonchev–Trinajstić information content (AvgIpc) is 3.27. The number of aromatic nitrogens is 1. The molecule has 1 aliphatic rings. The molecule has 3 atom stereocenters. The molecule has 0 saturated heterocycles. The summed E-state index contributed by atoms with van der Waals surface area (Å²) in [4.78, 5) is 41.6. The molecule has 1 aromatic heterocycles. The third-order valence-electron chi connectivity index (χ3n) is 7.36. The lowest BCUT2D eigenvalue weighted by atomic mass is 9.98. The van der Waals surface area contributed by atoms with E-state index >= 15 is 0 Å². The molecular weight excluding hydrogens is 542 g/mol. The van der Waals surface area contributed by atoms with Gasteiger partial charge in [0.1, 0.15) is 17.5 Å². The Bertz CT molecular complexity index is 1420. The van der Waals surface area contributed by atoms with Crippen LogP contribution in [0.15, 0.2) is 47.0 Å². The van der Waals surface area contributed by atoms with Gasteiger partial charge in [0.15, 0.2) is 11.5 Å². The topological polar surface area (TPSA) is 157 Å². The zero-order valence-corrected chi connectivity index (χ0v) is 24.4. The van der Waals surface area contributed by atoms with Crippen molar-refractivity contribution in [1.82, 2.24) is 15.0 Å².